The number of carbonyl (C=O) groups is 1. The Morgan fingerprint density at radius 2 is 2.32 bits per heavy atom. The monoisotopic (exact) mass is 281 g/mol. The fourth-order valence-electron chi connectivity index (χ4n) is 2.69. The van der Waals surface area contributed by atoms with Crippen molar-refractivity contribution in [3.8, 4) is 0 Å². The maximum absolute atomic E-state index is 12.5. The molecule has 1 aliphatic rings. The fraction of sp³-hybridized carbons (Fsp3) is 0.533. The van der Waals surface area contributed by atoms with Gasteiger partial charge in [0.05, 0.1) is 6.10 Å². The Kier molecular flexibility index (Phi) is 4.48. The number of amides is 1. The van der Waals surface area contributed by atoms with Crippen LogP contribution in [-0.2, 0) is 0 Å². The van der Waals surface area contributed by atoms with Crippen molar-refractivity contribution in [2.45, 2.75) is 45.3 Å². The number of aliphatic hydroxyl groups excluding tert-OH is 1. The summed E-state index contributed by atoms with van der Waals surface area (Å²) in [5, 5.41) is 10.2. The summed E-state index contributed by atoms with van der Waals surface area (Å²) < 4.78 is 0. The summed E-state index contributed by atoms with van der Waals surface area (Å²) in [7, 11) is 0. The molecule has 0 radical (unpaired) electrons. The van der Waals surface area contributed by atoms with Gasteiger partial charge in [0.15, 0.2) is 0 Å². The summed E-state index contributed by atoms with van der Waals surface area (Å²) in [6, 6.07) is 5.53. The number of hydrogen-bond acceptors (Lipinski definition) is 2. The third kappa shape index (κ3) is 3.28. The van der Waals surface area contributed by atoms with Gasteiger partial charge in [0.2, 0.25) is 0 Å². The number of aliphatic hydroxyl groups is 1. The van der Waals surface area contributed by atoms with E-state index < -0.39 is 0 Å². The highest BCUT2D eigenvalue weighted by Crippen LogP contribution is 2.25. The molecular formula is C15H20ClNO2. The molecule has 1 saturated heterocycles. The Morgan fingerprint density at radius 1 is 1.58 bits per heavy atom. The molecule has 2 unspecified atom stereocenters. The highest BCUT2D eigenvalue weighted by atomic mass is 35.5. The Morgan fingerprint density at radius 3 is 2.95 bits per heavy atom. The Bertz CT molecular complexity index is 473. The maximum Gasteiger partial charge on any atom is 0.254 e. The third-order valence-electron chi connectivity index (χ3n) is 3.66. The van der Waals surface area contributed by atoms with Gasteiger partial charge in [-0.05, 0) is 56.9 Å². The number of hydrogen-bond donors (Lipinski definition) is 1. The van der Waals surface area contributed by atoms with Crippen molar-refractivity contribution in [2.75, 3.05) is 6.54 Å². The minimum Gasteiger partial charge on any atom is -0.393 e. The quantitative estimate of drug-likeness (QED) is 0.925. The smallest absolute Gasteiger partial charge is 0.254 e. The van der Waals surface area contributed by atoms with Gasteiger partial charge in [-0.3, -0.25) is 4.79 Å². The average Bonchev–Trinajstić information content (AvgIpc) is 2.79. The van der Waals surface area contributed by atoms with Gasteiger partial charge in [-0.1, -0.05) is 11.6 Å². The molecule has 0 aliphatic carbocycles. The second-order valence-corrected chi connectivity index (χ2v) is 5.75. The van der Waals surface area contributed by atoms with E-state index in [4.69, 9.17) is 11.6 Å². The minimum absolute atomic E-state index is 0.0444. The number of carbonyl (C=O) groups excluding carboxylic acids is 1. The first kappa shape index (κ1) is 14.4. The first-order chi connectivity index (χ1) is 8.99. The first-order valence-electron chi connectivity index (χ1n) is 6.74. The van der Waals surface area contributed by atoms with E-state index in [9.17, 15) is 9.90 Å². The van der Waals surface area contributed by atoms with Crippen molar-refractivity contribution in [2.24, 2.45) is 0 Å². The third-order valence-corrected chi connectivity index (χ3v) is 4.08. The number of likely N-dealkylation sites (tertiary alicyclic amines) is 1. The maximum atomic E-state index is 12.5. The predicted octanol–water partition coefficient (Wildman–Crippen LogP) is 3.02. The van der Waals surface area contributed by atoms with Gasteiger partial charge in [-0.25, -0.2) is 0 Å². The van der Waals surface area contributed by atoms with Crippen LogP contribution in [0.2, 0.25) is 5.02 Å². The normalized spacial score (nSPS) is 20.6. The van der Waals surface area contributed by atoms with E-state index in [0.717, 1.165) is 24.9 Å². The largest absolute Gasteiger partial charge is 0.393 e. The lowest BCUT2D eigenvalue weighted by atomic mass is 10.1. The zero-order valence-corrected chi connectivity index (χ0v) is 12.2. The van der Waals surface area contributed by atoms with Crippen molar-refractivity contribution >= 4 is 17.5 Å². The van der Waals surface area contributed by atoms with Crippen LogP contribution in [0.15, 0.2) is 18.2 Å². The molecule has 0 spiro atoms. The zero-order valence-electron chi connectivity index (χ0n) is 11.4. The summed E-state index contributed by atoms with van der Waals surface area (Å²) >= 11 is 5.98. The summed E-state index contributed by atoms with van der Waals surface area (Å²) in [4.78, 5) is 14.4. The van der Waals surface area contributed by atoms with E-state index in [1.807, 2.05) is 17.9 Å². The molecule has 0 bridgehead atoms. The molecule has 1 amide bonds. The van der Waals surface area contributed by atoms with Crippen LogP contribution in [0, 0.1) is 6.92 Å². The van der Waals surface area contributed by atoms with Gasteiger partial charge in [0.1, 0.15) is 0 Å². The minimum atomic E-state index is -0.370. The average molecular weight is 282 g/mol. The van der Waals surface area contributed by atoms with Crippen LogP contribution >= 0.6 is 11.6 Å². The molecule has 1 aliphatic heterocycles. The lowest BCUT2D eigenvalue weighted by Gasteiger charge is -2.26. The van der Waals surface area contributed by atoms with E-state index in [2.05, 4.69) is 0 Å². The molecule has 2 atom stereocenters. The molecular weight excluding hydrogens is 262 g/mol. The van der Waals surface area contributed by atoms with E-state index in [1.54, 1.807) is 19.1 Å². The van der Waals surface area contributed by atoms with E-state index in [1.165, 1.54) is 0 Å². The van der Waals surface area contributed by atoms with Crippen LogP contribution in [0.3, 0.4) is 0 Å². The van der Waals surface area contributed by atoms with Crippen molar-refractivity contribution < 1.29 is 9.90 Å². The summed E-state index contributed by atoms with van der Waals surface area (Å²) in [6.07, 6.45) is 2.27. The van der Waals surface area contributed by atoms with E-state index in [0.29, 0.717) is 17.0 Å². The molecule has 2 rings (SSSR count). The Balaban J connectivity index is 2.16. The molecule has 1 aromatic carbocycles. The lowest BCUT2D eigenvalue weighted by molar-refractivity contribution is 0.0682. The predicted molar refractivity (Wildman–Crippen MR) is 76.5 cm³/mol. The summed E-state index contributed by atoms with van der Waals surface area (Å²) in [6.45, 7) is 4.45. The van der Waals surface area contributed by atoms with Crippen molar-refractivity contribution in [3.05, 3.63) is 34.3 Å². The highest BCUT2D eigenvalue weighted by molar-refractivity contribution is 6.31. The lowest BCUT2D eigenvalue weighted by Crippen LogP contribution is -2.37. The second-order valence-electron chi connectivity index (χ2n) is 5.34. The molecule has 19 heavy (non-hydrogen) atoms. The van der Waals surface area contributed by atoms with E-state index >= 15 is 0 Å². The van der Waals surface area contributed by atoms with Gasteiger partial charge in [0.25, 0.3) is 5.91 Å². The molecule has 0 saturated carbocycles. The number of halogens is 1. The summed E-state index contributed by atoms with van der Waals surface area (Å²) in [5.74, 6) is 0.0444. The topological polar surface area (TPSA) is 40.5 Å². The number of rotatable bonds is 3. The van der Waals surface area contributed by atoms with Gasteiger partial charge < -0.3 is 10.0 Å². The standard InChI is InChI=1S/C15H20ClNO2/c1-10-8-12(5-6-14(10)16)15(19)17-7-3-4-13(17)9-11(2)18/h5-6,8,11,13,18H,3-4,7,9H2,1-2H3. The van der Waals surface area contributed by atoms with Crippen LogP contribution < -0.4 is 0 Å². The molecule has 1 heterocycles. The van der Waals surface area contributed by atoms with Crippen LogP contribution in [0.5, 0.6) is 0 Å². The van der Waals surface area contributed by atoms with Gasteiger partial charge in [-0.15, -0.1) is 0 Å². The first-order valence-corrected chi connectivity index (χ1v) is 7.12. The molecule has 104 valence electrons. The SMILES string of the molecule is Cc1cc(C(=O)N2CCCC2CC(C)O)ccc1Cl. The zero-order chi connectivity index (χ0) is 14.0. The van der Waals surface area contributed by atoms with Gasteiger partial charge in [0, 0.05) is 23.2 Å². The fourth-order valence-corrected chi connectivity index (χ4v) is 2.80. The van der Waals surface area contributed by atoms with Crippen LogP contribution in [0.1, 0.15) is 42.1 Å². The molecule has 4 heteroatoms. The van der Waals surface area contributed by atoms with Crippen molar-refractivity contribution in [1.82, 2.24) is 4.90 Å². The molecule has 0 aromatic heterocycles. The molecule has 1 aromatic rings. The van der Waals surface area contributed by atoms with Crippen LogP contribution in [0.25, 0.3) is 0 Å². The Labute approximate surface area is 119 Å². The van der Waals surface area contributed by atoms with Gasteiger partial charge in [-0.2, -0.15) is 0 Å². The molecule has 1 N–H and O–H groups in total. The number of benzene rings is 1. The number of nitrogens with zero attached hydrogens (tertiary/aromatic N) is 1. The van der Waals surface area contributed by atoms with E-state index in [-0.39, 0.29) is 18.1 Å². The molecule has 3 nitrogen and oxygen atoms in total. The Hall–Kier alpha value is -1.06. The van der Waals surface area contributed by atoms with Gasteiger partial charge >= 0.3 is 0 Å². The number of aryl methyl sites for hydroxylation is 1. The second kappa shape index (κ2) is 5.93. The van der Waals surface area contributed by atoms with Crippen LogP contribution in [-0.4, -0.2) is 34.6 Å². The van der Waals surface area contributed by atoms with Crippen LogP contribution in [0.4, 0.5) is 0 Å². The van der Waals surface area contributed by atoms with Crippen molar-refractivity contribution in [3.63, 3.8) is 0 Å². The molecule has 1 fully saturated rings. The highest BCUT2D eigenvalue weighted by Gasteiger charge is 2.30. The summed E-state index contributed by atoms with van der Waals surface area (Å²) in [5.41, 5.74) is 1.60. The van der Waals surface area contributed by atoms with Crippen molar-refractivity contribution in [1.29, 1.82) is 0 Å².